The van der Waals surface area contributed by atoms with Crippen LogP contribution in [0.3, 0.4) is 0 Å². The van der Waals surface area contributed by atoms with E-state index in [2.05, 4.69) is 25.3 Å². The molecule has 4 rings (SSSR count). The van der Waals surface area contributed by atoms with E-state index in [4.69, 9.17) is 16.3 Å². The smallest absolute Gasteiger partial charge is 0.229 e. The zero-order valence-electron chi connectivity index (χ0n) is 21.4. The Hall–Kier alpha value is -2.12. The first-order valence-electron chi connectivity index (χ1n) is 12.9. The van der Waals surface area contributed by atoms with Crippen molar-refractivity contribution in [1.82, 2.24) is 19.6 Å². The molecule has 1 aliphatic heterocycles. The molecule has 13 heteroatoms. The number of alkyl halides is 2. The molecular weight excluding hydrogens is 538 g/mol. The van der Waals surface area contributed by atoms with Crippen LogP contribution in [0, 0.1) is 5.92 Å². The molecule has 3 atom stereocenters. The lowest BCUT2D eigenvalue weighted by Crippen LogP contribution is -2.40. The van der Waals surface area contributed by atoms with E-state index in [1.807, 2.05) is 17.0 Å². The van der Waals surface area contributed by atoms with Gasteiger partial charge in [0.05, 0.1) is 25.0 Å². The van der Waals surface area contributed by atoms with Gasteiger partial charge in [0.2, 0.25) is 5.95 Å². The van der Waals surface area contributed by atoms with Gasteiger partial charge in [0.1, 0.15) is 24.1 Å². The van der Waals surface area contributed by atoms with Crippen molar-refractivity contribution in [2.75, 3.05) is 50.7 Å². The van der Waals surface area contributed by atoms with Crippen LogP contribution in [-0.2, 0) is 24.1 Å². The Balaban J connectivity index is 1.51. The number of rotatable bonds is 11. The molecule has 38 heavy (non-hydrogen) atoms. The fourth-order valence-corrected chi connectivity index (χ4v) is 5.78. The lowest BCUT2D eigenvalue weighted by molar-refractivity contribution is 0.144. The van der Waals surface area contributed by atoms with Gasteiger partial charge >= 0.3 is 0 Å². The quantitative estimate of drug-likeness (QED) is 0.347. The second kappa shape index (κ2) is 13.8. The van der Waals surface area contributed by atoms with Crippen LogP contribution in [0.15, 0.2) is 18.3 Å². The summed E-state index contributed by atoms with van der Waals surface area (Å²) in [5, 5.41) is 7.00. The van der Waals surface area contributed by atoms with Gasteiger partial charge in [-0.2, -0.15) is 4.98 Å². The Morgan fingerprint density at radius 1 is 1.21 bits per heavy atom. The van der Waals surface area contributed by atoms with Crippen LogP contribution in [-0.4, -0.2) is 75.8 Å². The molecule has 1 saturated carbocycles. The van der Waals surface area contributed by atoms with Gasteiger partial charge in [-0.3, -0.25) is 9.11 Å². The monoisotopic (exact) mass is 571 g/mol. The number of ether oxygens (including phenoxy) is 1. The number of hydrogen-bond acceptors (Lipinski definition) is 8. The van der Waals surface area contributed by atoms with Gasteiger partial charge < -0.3 is 19.9 Å². The fourth-order valence-electron chi connectivity index (χ4n) is 5.28. The highest BCUT2D eigenvalue weighted by Crippen LogP contribution is 2.34. The van der Waals surface area contributed by atoms with Crippen LogP contribution in [0.4, 0.5) is 26.2 Å². The zero-order valence-corrected chi connectivity index (χ0v) is 22.9. The number of nitrogens with one attached hydrogen (secondary N) is 3. The summed E-state index contributed by atoms with van der Waals surface area (Å²) < 4.78 is 56.6. The summed E-state index contributed by atoms with van der Waals surface area (Å²) in [7, 11) is 1.58. The van der Waals surface area contributed by atoms with Crippen LogP contribution in [0.1, 0.15) is 36.8 Å². The number of anilines is 3. The molecule has 0 bridgehead atoms. The Morgan fingerprint density at radius 3 is 2.61 bits per heavy atom. The first-order valence-corrected chi connectivity index (χ1v) is 14.3. The van der Waals surface area contributed by atoms with Crippen LogP contribution in [0.5, 0.6) is 5.75 Å². The second-order valence-corrected chi connectivity index (χ2v) is 10.9. The molecule has 1 aliphatic carbocycles. The average Bonchev–Trinajstić information content (AvgIpc) is 3.12. The lowest BCUT2D eigenvalue weighted by Gasteiger charge is -2.33. The van der Waals surface area contributed by atoms with E-state index in [1.165, 1.54) is 6.20 Å². The predicted octanol–water partition coefficient (Wildman–Crippen LogP) is 3.94. The Kier molecular flexibility index (Phi) is 10.5. The summed E-state index contributed by atoms with van der Waals surface area (Å²) >= 11 is 4.11. The molecule has 9 nitrogen and oxygen atoms in total. The van der Waals surface area contributed by atoms with Crippen LogP contribution in [0.25, 0.3) is 0 Å². The van der Waals surface area contributed by atoms with Gasteiger partial charge in [-0.25, -0.2) is 18.5 Å². The number of hydrogen-bond donors (Lipinski definition) is 3. The minimum Gasteiger partial charge on any atom is -0.760 e. The molecule has 0 spiro atoms. The molecule has 0 amide bonds. The van der Waals surface area contributed by atoms with Gasteiger partial charge in [-0.1, -0.05) is 24.4 Å². The third kappa shape index (κ3) is 7.29. The number of benzene rings is 1. The minimum absolute atomic E-state index is 0.0162. The molecule has 2 heterocycles. The molecule has 2 aliphatic rings. The van der Waals surface area contributed by atoms with Crippen LogP contribution in [0.2, 0.25) is 5.02 Å². The summed E-state index contributed by atoms with van der Waals surface area (Å²) in [5.74, 6) is 1.52. The second-order valence-electron chi connectivity index (χ2n) is 9.71. The van der Waals surface area contributed by atoms with E-state index in [9.17, 15) is 17.5 Å². The maximum Gasteiger partial charge on any atom is 0.229 e. The largest absolute Gasteiger partial charge is 0.760 e. The first kappa shape index (κ1) is 28.9. The topological polar surface area (TPSA) is 114 Å². The van der Waals surface area contributed by atoms with Crippen molar-refractivity contribution in [3.63, 3.8) is 0 Å². The number of aromatic nitrogens is 2. The molecule has 1 unspecified atom stereocenters. The third-order valence-corrected chi connectivity index (χ3v) is 8.10. The summed E-state index contributed by atoms with van der Waals surface area (Å²) in [5.41, 5.74) is 2.84. The van der Waals surface area contributed by atoms with Crippen molar-refractivity contribution in [2.45, 2.75) is 50.6 Å². The van der Waals surface area contributed by atoms with Gasteiger partial charge in [-0.05, 0) is 54.9 Å². The first-order chi connectivity index (χ1) is 18.4. The standard InChI is InChI=1S/C25H35ClF2N6O3S/c1-37-23-11-17-7-9-34(19(12-27)13-28)8-6-16(17)10-22(23)32-25-29-15-20(26)24(33-25)31-21-5-3-2-4-18(21)14-30-38(35)36/h10-11,15,18-19,21,30H,2-9,12-14H2,1H3,(H,35,36)(H2,29,31,32,33)/p-1/t18-,21-/m1/s1. The van der Waals surface area contributed by atoms with E-state index in [-0.39, 0.29) is 12.0 Å². The highest BCUT2D eigenvalue weighted by atomic mass is 35.5. The van der Waals surface area contributed by atoms with Crippen molar-refractivity contribution >= 4 is 40.3 Å². The molecule has 210 valence electrons. The van der Waals surface area contributed by atoms with Crippen molar-refractivity contribution in [3.8, 4) is 5.75 Å². The fraction of sp³-hybridized carbons (Fsp3) is 0.600. The predicted molar refractivity (Wildman–Crippen MR) is 144 cm³/mol. The molecular formula is C25H34ClF2N6O3S-. The number of nitrogens with zero attached hydrogens (tertiary/aromatic N) is 3. The van der Waals surface area contributed by atoms with Crippen LogP contribution < -0.4 is 20.1 Å². The maximum absolute atomic E-state index is 13.3. The van der Waals surface area contributed by atoms with E-state index in [0.29, 0.717) is 60.7 Å². The zero-order chi connectivity index (χ0) is 27.1. The van der Waals surface area contributed by atoms with E-state index in [0.717, 1.165) is 36.8 Å². The Labute approximate surface area is 229 Å². The number of halogens is 3. The molecule has 1 aromatic carbocycles. The van der Waals surface area contributed by atoms with Crippen LogP contribution >= 0.6 is 11.6 Å². The van der Waals surface area contributed by atoms with Crippen molar-refractivity contribution in [1.29, 1.82) is 0 Å². The highest BCUT2D eigenvalue weighted by molar-refractivity contribution is 7.77. The molecule has 1 fully saturated rings. The summed E-state index contributed by atoms with van der Waals surface area (Å²) in [6.45, 7) is 0.0923. The summed E-state index contributed by atoms with van der Waals surface area (Å²) in [4.78, 5) is 10.8. The lowest BCUT2D eigenvalue weighted by atomic mass is 9.84. The molecule has 1 aromatic heterocycles. The van der Waals surface area contributed by atoms with Crippen molar-refractivity contribution in [2.24, 2.45) is 5.92 Å². The number of fused-ring (bicyclic) bond motifs is 1. The highest BCUT2D eigenvalue weighted by Gasteiger charge is 2.27. The third-order valence-electron chi connectivity index (χ3n) is 7.42. The van der Waals surface area contributed by atoms with Crippen molar-refractivity contribution in [3.05, 3.63) is 34.5 Å². The molecule has 0 saturated heterocycles. The summed E-state index contributed by atoms with van der Waals surface area (Å²) in [6, 6.07) is 3.24. The maximum atomic E-state index is 13.3. The van der Waals surface area contributed by atoms with Gasteiger partial charge in [0.25, 0.3) is 0 Å². The average molecular weight is 572 g/mol. The van der Waals surface area contributed by atoms with E-state index >= 15 is 0 Å². The van der Waals surface area contributed by atoms with Gasteiger partial charge in [0, 0.05) is 36.9 Å². The normalized spacial score (nSPS) is 21.0. The van der Waals surface area contributed by atoms with E-state index in [1.54, 1.807) is 7.11 Å². The van der Waals surface area contributed by atoms with Gasteiger partial charge in [-0.15, -0.1) is 0 Å². The molecule has 3 N–H and O–H groups in total. The van der Waals surface area contributed by atoms with Crippen molar-refractivity contribution < 1.29 is 22.3 Å². The minimum atomic E-state index is -2.31. The molecule has 2 aromatic rings. The summed E-state index contributed by atoms with van der Waals surface area (Å²) in [6.07, 6.45) is 6.69. The number of methoxy groups -OCH3 is 1. The van der Waals surface area contributed by atoms with E-state index < -0.39 is 30.7 Å². The Morgan fingerprint density at radius 2 is 1.92 bits per heavy atom. The molecule has 0 radical (unpaired) electrons. The SMILES string of the molecule is COc1cc2c(cc1Nc1ncc(Cl)c(N[C@@H]3CCCC[C@@H]3CNS(=O)[O-])n1)CCN(C(CF)CF)CC2. The Bertz CT molecular complexity index is 1110. The van der Waals surface area contributed by atoms with Gasteiger partial charge in [0.15, 0.2) is 5.82 Å².